The zero-order valence-electron chi connectivity index (χ0n) is 9.88. The van der Waals surface area contributed by atoms with Crippen LogP contribution < -0.4 is 5.32 Å². The Morgan fingerprint density at radius 1 is 1.28 bits per heavy atom. The van der Waals surface area contributed by atoms with Gasteiger partial charge in [0.2, 0.25) is 0 Å². The molecule has 0 unspecified atom stereocenters. The van der Waals surface area contributed by atoms with Crippen molar-refractivity contribution in [1.82, 2.24) is 14.3 Å². The highest BCUT2D eigenvalue weighted by Gasteiger charge is 2.08. The van der Waals surface area contributed by atoms with Gasteiger partial charge in [-0.05, 0) is 29.0 Å². The van der Waals surface area contributed by atoms with Crippen LogP contribution in [0.2, 0.25) is 0 Å². The highest BCUT2D eigenvalue weighted by atomic mass is 32.1. The van der Waals surface area contributed by atoms with Crippen LogP contribution in [0, 0.1) is 0 Å². The molecular formula is C12H12N4S2. The van der Waals surface area contributed by atoms with Crippen LogP contribution >= 0.6 is 22.9 Å². The number of aryl methyl sites for hydroxylation is 1. The van der Waals surface area contributed by atoms with E-state index in [0.29, 0.717) is 0 Å². The number of thiophene rings is 1. The molecule has 3 aromatic heterocycles. The Morgan fingerprint density at radius 3 is 3.00 bits per heavy atom. The number of nitrogens with zero attached hydrogens (tertiary/aromatic N) is 3. The fraction of sp³-hybridized carbons (Fsp3) is 0.250. The summed E-state index contributed by atoms with van der Waals surface area (Å²) in [6, 6.07) is 4.08. The van der Waals surface area contributed by atoms with Crippen molar-refractivity contribution in [1.29, 1.82) is 0 Å². The fourth-order valence-corrected chi connectivity index (χ4v) is 2.99. The Labute approximate surface area is 113 Å². The van der Waals surface area contributed by atoms with Crippen molar-refractivity contribution in [3.63, 3.8) is 0 Å². The monoisotopic (exact) mass is 276 g/mol. The molecule has 0 fully saturated rings. The van der Waals surface area contributed by atoms with Crippen LogP contribution in [0.5, 0.6) is 0 Å². The second-order valence-corrected chi connectivity index (χ2v) is 5.63. The number of nitrogens with one attached hydrogen (secondary N) is 1. The van der Waals surface area contributed by atoms with Gasteiger partial charge in [0.15, 0.2) is 0 Å². The molecule has 1 N–H and O–H groups in total. The lowest BCUT2D eigenvalue weighted by Gasteiger charge is -2.06. The SMILES string of the molecule is CCc1nc(NCc2ccns2)c2ccsc2n1. The standard InChI is InChI=1S/C12H12N4S2/c1-2-10-15-11(9-4-6-17-12(9)16-10)13-7-8-3-5-14-18-8/h3-6H,2,7H2,1H3,(H,13,15,16). The molecule has 0 aromatic carbocycles. The molecule has 0 saturated carbocycles. The number of aromatic nitrogens is 3. The first-order chi connectivity index (χ1) is 8.86. The number of anilines is 1. The number of hydrogen-bond acceptors (Lipinski definition) is 6. The molecule has 3 aromatic rings. The summed E-state index contributed by atoms with van der Waals surface area (Å²) in [6.45, 7) is 2.83. The van der Waals surface area contributed by atoms with Gasteiger partial charge in [-0.15, -0.1) is 11.3 Å². The van der Waals surface area contributed by atoms with E-state index in [0.717, 1.165) is 34.8 Å². The number of hydrogen-bond donors (Lipinski definition) is 1. The van der Waals surface area contributed by atoms with Gasteiger partial charge < -0.3 is 5.32 Å². The van der Waals surface area contributed by atoms with E-state index in [-0.39, 0.29) is 0 Å². The second kappa shape index (κ2) is 4.99. The Bertz CT molecular complexity index is 645. The van der Waals surface area contributed by atoms with Crippen molar-refractivity contribution < 1.29 is 0 Å². The minimum atomic E-state index is 0.760. The normalized spacial score (nSPS) is 10.9. The third-order valence-electron chi connectivity index (χ3n) is 2.61. The lowest BCUT2D eigenvalue weighted by molar-refractivity contribution is 0.958. The topological polar surface area (TPSA) is 50.7 Å². The zero-order chi connectivity index (χ0) is 12.4. The summed E-state index contributed by atoms with van der Waals surface area (Å²) >= 11 is 3.16. The minimum absolute atomic E-state index is 0.760. The van der Waals surface area contributed by atoms with E-state index in [1.54, 1.807) is 11.3 Å². The van der Waals surface area contributed by atoms with Crippen LogP contribution in [0.25, 0.3) is 10.2 Å². The summed E-state index contributed by atoms with van der Waals surface area (Å²) in [7, 11) is 0. The predicted molar refractivity (Wildman–Crippen MR) is 76.2 cm³/mol. The first-order valence-corrected chi connectivity index (χ1v) is 7.39. The predicted octanol–water partition coefficient (Wildman–Crippen LogP) is 3.32. The van der Waals surface area contributed by atoms with Crippen molar-refractivity contribution in [2.75, 3.05) is 5.32 Å². The van der Waals surface area contributed by atoms with Crippen LogP contribution in [0.4, 0.5) is 5.82 Å². The third-order valence-corrected chi connectivity index (χ3v) is 4.16. The molecule has 0 bridgehead atoms. The molecule has 0 aliphatic heterocycles. The summed E-state index contributed by atoms with van der Waals surface area (Å²) in [4.78, 5) is 11.3. The lowest BCUT2D eigenvalue weighted by atomic mass is 10.3. The Balaban J connectivity index is 1.92. The summed E-state index contributed by atoms with van der Waals surface area (Å²) in [5.74, 6) is 1.81. The van der Waals surface area contributed by atoms with Crippen LogP contribution in [-0.4, -0.2) is 14.3 Å². The molecular weight excluding hydrogens is 264 g/mol. The quantitative estimate of drug-likeness (QED) is 0.794. The van der Waals surface area contributed by atoms with Gasteiger partial charge in [0.25, 0.3) is 0 Å². The second-order valence-electron chi connectivity index (χ2n) is 3.81. The molecule has 0 spiro atoms. The van der Waals surface area contributed by atoms with Gasteiger partial charge >= 0.3 is 0 Å². The minimum Gasteiger partial charge on any atom is -0.364 e. The van der Waals surface area contributed by atoms with Gasteiger partial charge in [0.1, 0.15) is 16.5 Å². The average Bonchev–Trinajstić information content (AvgIpc) is 3.06. The maximum absolute atomic E-state index is 4.56. The van der Waals surface area contributed by atoms with Crippen molar-refractivity contribution >= 4 is 38.9 Å². The molecule has 92 valence electrons. The van der Waals surface area contributed by atoms with E-state index >= 15 is 0 Å². The number of fused-ring (bicyclic) bond motifs is 1. The van der Waals surface area contributed by atoms with Crippen molar-refractivity contribution in [2.45, 2.75) is 19.9 Å². The average molecular weight is 276 g/mol. The van der Waals surface area contributed by atoms with E-state index < -0.39 is 0 Å². The van der Waals surface area contributed by atoms with Gasteiger partial charge in [-0.2, -0.15) is 0 Å². The molecule has 3 heterocycles. The first kappa shape index (κ1) is 11.6. The molecule has 4 nitrogen and oxygen atoms in total. The van der Waals surface area contributed by atoms with Gasteiger partial charge in [0.05, 0.1) is 11.9 Å². The van der Waals surface area contributed by atoms with Gasteiger partial charge in [-0.3, -0.25) is 0 Å². The molecule has 0 amide bonds. The summed E-state index contributed by atoms with van der Waals surface area (Å²) in [5.41, 5.74) is 0. The van der Waals surface area contributed by atoms with Crippen LogP contribution in [-0.2, 0) is 13.0 Å². The number of rotatable bonds is 4. The largest absolute Gasteiger partial charge is 0.364 e. The Kier molecular flexibility index (Phi) is 3.21. The Hall–Kier alpha value is -1.53. The highest BCUT2D eigenvalue weighted by molar-refractivity contribution is 7.16. The first-order valence-electron chi connectivity index (χ1n) is 5.74. The van der Waals surface area contributed by atoms with Crippen molar-refractivity contribution in [3.05, 3.63) is 34.4 Å². The molecule has 18 heavy (non-hydrogen) atoms. The van der Waals surface area contributed by atoms with Crippen molar-refractivity contribution in [2.24, 2.45) is 0 Å². The Morgan fingerprint density at radius 2 is 2.22 bits per heavy atom. The highest BCUT2D eigenvalue weighted by Crippen LogP contribution is 2.25. The van der Waals surface area contributed by atoms with Crippen LogP contribution in [0.1, 0.15) is 17.6 Å². The lowest BCUT2D eigenvalue weighted by Crippen LogP contribution is -2.03. The van der Waals surface area contributed by atoms with E-state index in [1.165, 1.54) is 16.4 Å². The molecule has 0 radical (unpaired) electrons. The summed E-state index contributed by atoms with van der Waals surface area (Å²) in [5, 5.41) is 6.53. The molecule has 0 aliphatic carbocycles. The van der Waals surface area contributed by atoms with E-state index in [4.69, 9.17) is 0 Å². The van der Waals surface area contributed by atoms with Crippen LogP contribution in [0.3, 0.4) is 0 Å². The van der Waals surface area contributed by atoms with Crippen molar-refractivity contribution in [3.8, 4) is 0 Å². The van der Waals surface area contributed by atoms with Crippen LogP contribution in [0.15, 0.2) is 23.7 Å². The third kappa shape index (κ3) is 2.21. The fourth-order valence-electron chi connectivity index (χ4n) is 1.70. The smallest absolute Gasteiger partial charge is 0.138 e. The maximum atomic E-state index is 4.56. The van der Waals surface area contributed by atoms with E-state index in [2.05, 4.69) is 38.0 Å². The van der Waals surface area contributed by atoms with Gasteiger partial charge in [-0.1, -0.05) is 6.92 Å². The summed E-state index contributed by atoms with van der Waals surface area (Å²) < 4.78 is 4.09. The van der Waals surface area contributed by atoms with E-state index in [1.807, 2.05) is 12.3 Å². The zero-order valence-corrected chi connectivity index (χ0v) is 11.5. The molecule has 0 saturated heterocycles. The molecule has 3 rings (SSSR count). The molecule has 0 atom stereocenters. The molecule has 6 heteroatoms. The van der Waals surface area contributed by atoms with Gasteiger partial charge in [0, 0.05) is 17.5 Å². The van der Waals surface area contributed by atoms with Gasteiger partial charge in [-0.25, -0.2) is 14.3 Å². The molecule has 0 aliphatic rings. The summed E-state index contributed by atoms with van der Waals surface area (Å²) in [6.07, 6.45) is 2.67. The van der Waals surface area contributed by atoms with E-state index in [9.17, 15) is 0 Å². The maximum Gasteiger partial charge on any atom is 0.138 e.